The minimum absolute atomic E-state index is 0.168. The first-order chi connectivity index (χ1) is 7.15. The molecule has 0 aliphatic carbocycles. The van der Waals surface area contributed by atoms with Crippen molar-refractivity contribution in [1.29, 1.82) is 0 Å². The number of ether oxygens (including phenoxy) is 1. The highest BCUT2D eigenvalue weighted by Gasteiger charge is 2.26. The average Bonchev–Trinajstić information content (AvgIpc) is 2.25. The third-order valence-electron chi connectivity index (χ3n) is 2.93. The quantitative estimate of drug-likeness (QED) is 0.735. The standard InChI is InChI=1S/C11H22N2O2/c1-3-7-15-10-5-4-6-13(8-10)9(2)11(12)14/h9-10H,3-8H2,1-2H3,(H2,12,14). The number of nitrogens with zero attached hydrogens (tertiary/aromatic N) is 1. The Balaban J connectivity index is 2.38. The van der Waals surface area contributed by atoms with Crippen molar-refractivity contribution in [3.63, 3.8) is 0 Å². The zero-order valence-electron chi connectivity index (χ0n) is 9.74. The van der Waals surface area contributed by atoms with Gasteiger partial charge in [-0.1, -0.05) is 6.92 Å². The summed E-state index contributed by atoms with van der Waals surface area (Å²) in [5, 5.41) is 0. The molecule has 1 aliphatic heterocycles. The van der Waals surface area contributed by atoms with E-state index in [1.54, 1.807) is 0 Å². The summed E-state index contributed by atoms with van der Waals surface area (Å²) in [5.74, 6) is -0.244. The van der Waals surface area contributed by atoms with E-state index in [2.05, 4.69) is 11.8 Å². The molecule has 0 aromatic heterocycles. The molecule has 0 radical (unpaired) electrons. The molecule has 0 spiro atoms. The summed E-state index contributed by atoms with van der Waals surface area (Å²) in [6.07, 6.45) is 3.51. The lowest BCUT2D eigenvalue weighted by Gasteiger charge is -2.35. The van der Waals surface area contributed by atoms with Crippen LogP contribution in [0.15, 0.2) is 0 Å². The van der Waals surface area contributed by atoms with E-state index >= 15 is 0 Å². The first-order valence-electron chi connectivity index (χ1n) is 5.80. The lowest BCUT2D eigenvalue weighted by molar-refractivity contribution is -0.124. The SMILES string of the molecule is CCCOC1CCCN(C(C)C(N)=O)C1. The van der Waals surface area contributed by atoms with Crippen molar-refractivity contribution < 1.29 is 9.53 Å². The van der Waals surface area contributed by atoms with Crippen molar-refractivity contribution in [3.8, 4) is 0 Å². The predicted octanol–water partition coefficient (Wildman–Crippen LogP) is 0.751. The van der Waals surface area contributed by atoms with Gasteiger partial charge in [-0.2, -0.15) is 0 Å². The minimum atomic E-state index is -0.244. The molecule has 0 saturated carbocycles. The Morgan fingerprint density at radius 3 is 3.00 bits per heavy atom. The number of carbonyl (C=O) groups excluding carboxylic acids is 1. The van der Waals surface area contributed by atoms with Gasteiger partial charge < -0.3 is 10.5 Å². The van der Waals surface area contributed by atoms with Gasteiger partial charge in [0, 0.05) is 13.2 Å². The topological polar surface area (TPSA) is 55.6 Å². The molecular weight excluding hydrogens is 192 g/mol. The molecule has 1 heterocycles. The summed E-state index contributed by atoms with van der Waals surface area (Å²) in [6.45, 7) is 6.57. The molecule has 1 fully saturated rings. The Hall–Kier alpha value is -0.610. The smallest absolute Gasteiger partial charge is 0.234 e. The molecule has 2 N–H and O–H groups in total. The molecule has 4 nitrogen and oxygen atoms in total. The minimum Gasteiger partial charge on any atom is -0.377 e. The van der Waals surface area contributed by atoms with Gasteiger partial charge in [-0.05, 0) is 32.7 Å². The summed E-state index contributed by atoms with van der Waals surface area (Å²) in [4.78, 5) is 13.2. The van der Waals surface area contributed by atoms with Crippen LogP contribution in [0.2, 0.25) is 0 Å². The lowest BCUT2D eigenvalue weighted by atomic mass is 10.1. The third kappa shape index (κ3) is 3.80. The summed E-state index contributed by atoms with van der Waals surface area (Å²) in [5.41, 5.74) is 5.29. The van der Waals surface area contributed by atoms with Crippen molar-refractivity contribution in [2.24, 2.45) is 5.73 Å². The summed E-state index contributed by atoms with van der Waals surface area (Å²) >= 11 is 0. The number of likely N-dealkylation sites (tertiary alicyclic amines) is 1. The number of piperidine rings is 1. The van der Waals surface area contributed by atoms with E-state index in [9.17, 15) is 4.79 Å². The number of hydrogen-bond acceptors (Lipinski definition) is 3. The third-order valence-corrected chi connectivity index (χ3v) is 2.93. The maximum atomic E-state index is 11.1. The van der Waals surface area contributed by atoms with E-state index in [1.165, 1.54) is 0 Å². The molecule has 0 aromatic carbocycles. The second-order valence-corrected chi connectivity index (χ2v) is 4.21. The van der Waals surface area contributed by atoms with Crippen molar-refractivity contribution >= 4 is 5.91 Å². The zero-order valence-corrected chi connectivity index (χ0v) is 9.74. The van der Waals surface area contributed by atoms with Gasteiger partial charge in [0.15, 0.2) is 0 Å². The van der Waals surface area contributed by atoms with Crippen molar-refractivity contribution in [2.75, 3.05) is 19.7 Å². The number of nitrogens with two attached hydrogens (primary N) is 1. The van der Waals surface area contributed by atoms with E-state index in [-0.39, 0.29) is 18.1 Å². The highest BCUT2D eigenvalue weighted by atomic mass is 16.5. The van der Waals surface area contributed by atoms with Crippen LogP contribution < -0.4 is 5.73 Å². The molecule has 15 heavy (non-hydrogen) atoms. The molecule has 1 aliphatic rings. The van der Waals surface area contributed by atoms with Crippen LogP contribution in [0.4, 0.5) is 0 Å². The lowest BCUT2D eigenvalue weighted by Crippen LogP contribution is -2.49. The fraction of sp³-hybridized carbons (Fsp3) is 0.909. The Morgan fingerprint density at radius 2 is 2.40 bits per heavy atom. The number of carbonyl (C=O) groups is 1. The van der Waals surface area contributed by atoms with E-state index in [4.69, 9.17) is 10.5 Å². The highest BCUT2D eigenvalue weighted by molar-refractivity contribution is 5.79. The van der Waals surface area contributed by atoms with Crippen molar-refractivity contribution in [1.82, 2.24) is 4.90 Å². The molecule has 1 saturated heterocycles. The number of rotatable bonds is 5. The normalized spacial score (nSPS) is 25.1. The maximum Gasteiger partial charge on any atom is 0.234 e. The maximum absolute atomic E-state index is 11.1. The summed E-state index contributed by atoms with van der Waals surface area (Å²) < 4.78 is 5.70. The second-order valence-electron chi connectivity index (χ2n) is 4.21. The van der Waals surface area contributed by atoms with Gasteiger partial charge in [0.25, 0.3) is 0 Å². The highest BCUT2D eigenvalue weighted by Crippen LogP contribution is 2.15. The van der Waals surface area contributed by atoms with Crippen molar-refractivity contribution in [2.45, 2.75) is 45.3 Å². The van der Waals surface area contributed by atoms with Crippen LogP contribution in [0.3, 0.4) is 0 Å². The Labute approximate surface area is 91.8 Å². The molecular formula is C11H22N2O2. The Morgan fingerprint density at radius 1 is 1.67 bits per heavy atom. The molecule has 4 heteroatoms. The predicted molar refractivity (Wildman–Crippen MR) is 59.5 cm³/mol. The van der Waals surface area contributed by atoms with Crippen LogP contribution in [0, 0.1) is 0 Å². The average molecular weight is 214 g/mol. The van der Waals surface area contributed by atoms with Crippen LogP contribution in [0.1, 0.15) is 33.1 Å². The largest absolute Gasteiger partial charge is 0.377 e. The van der Waals surface area contributed by atoms with Gasteiger partial charge in [-0.3, -0.25) is 9.69 Å². The van der Waals surface area contributed by atoms with Crippen LogP contribution in [0.5, 0.6) is 0 Å². The van der Waals surface area contributed by atoms with Crippen LogP contribution in [-0.2, 0) is 9.53 Å². The number of hydrogen-bond donors (Lipinski definition) is 1. The van der Waals surface area contributed by atoms with Crippen LogP contribution in [0.25, 0.3) is 0 Å². The number of primary amides is 1. The monoisotopic (exact) mass is 214 g/mol. The zero-order chi connectivity index (χ0) is 11.3. The molecule has 1 amide bonds. The van der Waals surface area contributed by atoms with E-state index in [0.29, 0.717) is 0 Å². The molecule has 2 unspecified atom stereocenters. The van der Waals surface area contributed by atoms with E-state index in [0.717, 1.165) is 39.0 Å². The molecule has 0 aromatic rings. The number of amides is 1. The Kier molecular flexibility index (Phi) is 5.05. The van der Waals surface area contributed by atoms with Gasteiger partial charge in [-0.15, -0.1) is 0 Å². The Bertz CT molecular complexity index is 209. The molecule has 0 bridgehead atoms. The van der Waals surface area contributed by atoms with Gasteiger partial charge in [0.2, 0.25) is 5.91 Å². The molecule has 88 valence electrons. The molecule has 2 atom stereocenters. The fourth-order valence-electron chi connectivity index (χ4n) is 1.92. The summed E-state index contributed by atoms with van der Waals surface area (Å²) in [7, 11) is 0. The second kappa shape index (κ2) is 6.08. The first kappa shape index (κ1) is 12.5. The van der Waals surface area contributed by atoms with Gasteiger partial charge >= 0.3 is 0 Å². The molecule has 1 rings (SSSR count). The van der Waals surface area contributed by atoms with Gasteiger partial charge in [0.1, 0.15) is 0 Å². The van der Waals surface area contributed by atoms with Gasteiger partial charge in [-0.25, -0.2) is 0 Å². The van der Waals surface area contributed by atoms with Crippen LogP contribution >= 0.6 is 0 Å². The van der Waals surface area contributed by atoms with E-state index < -0.39 is 0 Å². The van der Waals surface area contributed by atoms with Crippen LogP contribution in [-0.4, -0.2) is 42.6 Å². The van der Waals surface area contributed by atoms with Gasteiger partial charge in [0.05, 0.1) is 12.1 Å². The fourth-order valence-corrected chi connectivity index (χ4v) is 1.92. The first-order valence-corrected chi connectivity index (χ1v) is 5.80. The van der Waals surface area contributed by atoms with Crippen molar-refractivity contribution in [3.05, 3.63) is 0 Å². The van der Waals surface area contributed by atoms with E-state index in [1.807, 2.05) is 6.92 Å². The summed E-state index contributed by atoms with van der Waals surface area (Å²) in [6, 6.07) is -0.168.